The van der Waals surface area contributed by atoms with E-state index in [1.165, 1.54) is 25.7 Å². The summed E-state index contributed by atoms with van der Waals surface area (Å²) in [5, 5.41) is 1.48. The lowest BCUT2D eigenvalue weighted by atomic mass is 9.96. The van der Waals surface area contributed by atoms with Gasteiger partial charge in [0, 0.05) is 5.39 Å². The minimum absolute atomic E-state index is 0.356. The summed E-state index contributed by atoms with van der Waals surface area (Å²) in [7, 11) is 0. The first-order valence-electron chi connectivity index (χ1n) is 14.4. The van der Waals surface area contributed by atoms with E-state index in [1.54, 1.807) is 12.1 Å². The number of ether oxygens (including phenoxy) is 2. The van der Waals surface area contributed by atoms with Crippen LogP contribution in [0.25, 0.3) is 10.8 Å². The van der Waals surface area contributed by atoms with Crippen LogP contribution in [-0.4, -0.2) is 25.2 Å². The van der Waals surface area contributed by atoms with Crippen LogP contribution in [0.15, 0.2) is 36.4 Å². The number of esters is 2. The Balaban J connectivity index is 2.15. The zero-order valence-electron chi connectivity index (χ0n) is 23.2. The number of hydrogen-bond acceptors (Lipinski definition) is 4. The van der Waals surface area contributed by atoms with Crippen LogP contribution < -0.4 is 0 Å². The second kappa shape index (κ2) is 17.2. The summed E-state index contributed by atoms with van der Waals surface area (Å²) in [4.78, 5) is 26.4. The zero-order chi connectivity index (χ0) is 26.2. The first kappa shape index (κ1) is 29.9. The van der Waals surface area contributed by atoms with Crippen LogP contribution in [0.5, 0.6) is 0 Å². The number of fused-ring (bicyclic) bond motifs is 1. The first-order valence-corrected chi connectivity index (χ1v) is 14.4. The Labute approximate surface area is 219 Å². The van der Waals surface area contributed by atoms with Crippen molar-refractivity contribution < 1.29 is 19.1 Å². The molecule has 2 atom stereocenters. The molecule has 36 heavy (non-hydrogen) atoms. The van der Waals surface area contributed by atoms with Crippen molar-refractivity contribution in [3.8, 4) is 0 Å². The minimum atomic E-state index is -0.368. The summed E-state index contributed by atoms with van der Waals surface area (Å²) in [5.41, 5.74) is 0.880. The van der Waals surface area contributed by atoms with Gasteiger partial charge >= 0.3 is 11.9 Å². The second-order valence-corrected chi connectivity index (χ2v) is 10.2. The van der Waals surface area contributed by atoms with Gasteiger partial charge in [-0.1, -0.05) is 110 Å². The Morgan fingerprint density at radius 3 is 1.67 bits per heavy atom. The summed E-state index contributed by atoms with van der Waals surface area (Å²) >= 11 is 0. The number of rotatable bonds is 18. The lowest BCUT2D eigenvalue weighted by molar-refractivity contribution is 0.0424. The fourth-order valence-corrected chi connectivity index (χ4v) is 4.79. The molecular formula is C32H48O4. The summed E-state index contributed by atoms with van der Waals surface area (Å²) in [6.45, 7) is 9.58. The Morgan fingerprint density at radius 2 is 1.14 bits per heavy atom. The predicted octanol–water partition coefficient (Wildman–Crippen LogP) is 9.15. The fourth-order valence-electron chi connectivity index (χ4n) is 4.79. The maximum atomic E-state index is 13.2. The molecule has 0 heterocycles. The third-order valence-electron chi connectivity index (χ3n) is 7.22. The molecule has 0 fully saturated rings. The van der Waals surface area contributed by atoms with E-state index < -0.39 is 0 Å². The van der Waals surface area contributed by atoms with Gasteiger partial charge in [0.15, 0.2) is 0 Å². The van der Waals surface area contributed by atoms with Gasteiger partial charge in [-0.25, -0.2) is 9.59 Å². The van der Waals surface area contributed by atoms with Crippen LogP contribution >= 0.6 is 0 Å². The van der Waals surface area contributed by atoms with E-state index in [0.717, 1.165) is 56.8 Å². The molecule has 0 radical (unpaired) electrons. The molecule has 0 aromatic heterocycles. The van der Waals surface area contributed by atoms with Crippen LogP contribution in [0.2, 0.25) is 0 Å². The summed E-state index contributed by atoms with van der Waals surface area (Å²) in [6.07, 6.45) is 13.7. The van der Waals surface area contributed by atoms with E-state index >= 15 is 0 Å². The molecule has 4 heteroatoms. The Morgan fingerprint density at radius 1 is 0.639 bits per heavy atom. The molecule has 2 aromatic carbocycles. The van der Waals surface area contributed by atoms with Crippen LogP contribution in [0.3, 0.4) is 0 Å². The first-order chi connectivity index (χ1) is 17.5. The fraction of sp³-hybridized carbons (Fsp3) is 0.625. The largest absolute Gasteiger partial charge is 0.462 e. The van der Waals surface area contributed by atoms with Crippen molar-refractivity contribution in [2.24, 2.45) is 11.8 Å². The number of unbranched alkanes of at least 4 members (excludes halogenated alkanes) is 5. The average molecular weight is 497 g/mol. The molecule has 0 aliphatic rings. The number of carbonyl (C=O) groups excluding carboxylic acids is 2. The monoisotopic (exact) mass is 496 g/mol. The quantitative estimate of drug-likeness (QED) is 0.152. The molecule has 2 unspecified atom stereocenters. The van der Waals surface area contributed by atoms with Crippen molar-refractivity contribution >= 4 is 22.7 Å². The second-order valence-electron chi connectivity index (χ2n) is 10.2. The molecule has 0 N–H and O–H groups in total. The molecule has 0 aliphatic carbocycles. The SMILES string of the molecule is CCCCCCC(CCCC)COC(=O)c1cccc2cccc(C(=O)OCC(CC)CCCC)c12. The Hall–Kier alpha value is -2.36. The Kier molecular flexibility index (Phi) is 14.2. The molecular weight excluding hydrogens is 448 g/mol. The maximum absolute atomic E-state index is 13.2. The highest BCUT2D eigenvalue weighted by Crippen LogP contribution is 2.26. The lowest BCUT2D eigenvalue weighted by Gasteiger charge is -2.18. The van der Waals surface area contributed by atoms with Crippen molar-refractivity contribution in [1.29, 1.82) is 0 Å². The molecule has 0 saturated heterocycles. The molecule has 0 saturated carbocycles. The average Bonchev–Trinajstić information content (AvgIpc) is 2.91. The molecule has 0 amide bonds. The highest BCUT2D eigenvalue weighted by atomic mass is 16.5. The van der Waals surface area contributed by atoms with Gasteiger partial charge in [-0.15, -0.1) is 0 Å². The van der Waals surface area contributed by atoms with Crippen LogP contribution in [0, 0.1) is 11.8 Å². The normalized spacial score (nSPS) is 12.9. The highest BCUT2D eigenvalue weighted by Gasteiger charge is 2.21. The van der Waals surface area contributed by atoms with E-state index in [-0.39, 0.29) is 11.9 Å². The molecule has 0 bridgehead atoms. The van der Waals surface area contributed by atoms with Gasteiger partial charge in [-0.3, -0.25) is 0 Å². The van der Waals surface area contributed by atoms with Crippen molar-refractivity contribution in [1.82, 2.24) is 0 Å². The summed E-state index contributed by atoms with van der Waals surface area (Å²) in [5.74, 6) is 0.0304. The highest BCUT2D eigenvalue weighted by molar-refractivity contribution is 6.13. The van der Waals surface area contributed by atoms with Gasteiger partial charge in [0.25, 0.3) is 0 Å². The van der Waals surface area contributed by atoms with E-state index in [0.29, 0.717) is 41.6 Å². The van der Waals surface area contributed by atoms with Gasteiger partial charge in [0.05, 0.1) is 24.3 Å². The number of benzene rings is 2. The minimum Gasteiger partial charge on any atom is -0.462 e. The summed E-state index contributed by atoms with van der Waals surface area (Å²) in [6, 6.07) is 11.1. The summed E-state index contributed by atoms with van der Waals surface area (Å²) < 4.78 is 11.6. The van der Waals surface area contributed by atoms with Crippen molar-refractivity contribution in [3.05, 3.63) is 47.5 Å². The van der Waals surface area contributed by atoms with Crippen molar-refractivity contribution in [3.63, 3.8) is 0 Å². The Bertz CT molecular complexity index is 914. The topological polar surface area (TPSA) is 52.6 Å². The van der Waals surface area contributed by atoms with E-state index in [1.807, 2.05) is 24.3 Å². The standard InChI is InChI=1S/C32H48O4/c1-5-9-12-13-18-26(17-11-7-3)24-36-32(34)29-22-15-20-27-19-14-21-28(30(27)29)31(33)35-23-25(8-4)16-10-6-2/h14-15,19-22,25-26H,5-13,16-18,23-24H2,1-4H3. The molecule has 4 nitrogen and oxygen atoms in total. The van der Waals surface area contributed by atoms with Crippen LogP contribution in [-0.2, 0) is 9.47 Å². The van der Waals surface area contributed by atoms with Gasteiger partial charge in [0.2, 0.25) is 0 Å². The molecule has 2 aromatic rings. The smallest absolute Gasteiger partial charge is 0.338 e. The van der Waals surface area contributed by atoms with Crippen LogP contribution in [0.4, 0.5) is 0 Å². The molecule has 2 rings (SSSR count). The number of carbonyl (C=O) groups is 2. The van der Waals surface area contributed by atoms with Gasteiger partial charge in [0.1, 0.15) is 0 Å². The van der Waals surface area contributed by atoms with E-state index in [9.17, 15) is 9.59 Å². The van der Waals surface area contributed by atoms with Crippen LogP contribution in [0.1, 0.15) is 125 Å². The van der Waals surface area contributed by atoms with Gasteiger partial charge in [-0.2, -0.15) is 0 Å². The molecule has 0 aliphatic heterocycles. The predicted molar refractivity (Wildman–Crippen MR) is 150 cm³/mol. The molecule has 200 valence electrons. The van der Waals surface area contributed by atoms with Crippen molar-refractivity contribution in [2.75, 3.05) is 13.2 Å². The van der Waals surface area contributed by atoms with E-state index in [2.05, 4.69) is 27.7 Å². The maximum Gasteiger partial charge on any atom is 0.338 e. The number of hydrogen-bond donors (Lipinski definition) is 0. The third-order valence-corrected chi connectivity index (χ3v) is 7.22. The van der Waals surface area contributed by atoms with Gasteiger partial charge in [-0.05, 0) is 48.6 Å². The lowest BCUT2D eigenvalue weighted by Crippen LogP contribution is -2.17. The molecule has 0 spiro atoms. The zero-order valence-corrected chi connectivity index (χ0v) is 23.2. The van der Waals surface area contributed by atoms with Crippen molar-refractivity contribution in [2.45, 2.75) is 105 Å². The van der Waals surface area contributed by atoms with E-state index in [4.69, 9.17) is 9.47 Å². The third kappa shape index (κ3) is 9.59. The van der Waals surface area contributed by atoms with Gasteiger partial charge < -0.3 is 9.47 Å².